The predicted octanol–water partition coefficient (Wildman–Crippen LogP) is 6.13. The number of benzene rings is 2. The van der Waals surface area contributed by atoms with Gasteiger partial charge in [-0.2, -0.15) is 13.2 Å². The van der Waals surface area contributed by atoms with Crippen LogP contribution in [0.4, 0.5) is 13.2 Å². The summed E-state index contributed by atoms with van der Waals surface area (Å²) in [7, 11) is -4.50. The number of aromatic hydroxyl groups is 1. The zero-order valence-corrected chi connectivity index (χ0v) is 19.3. The molecule has 0 aliphatic rings. The number of rotatable bonds is 3. The zero-order valence-electron chi connectivity index (χ0n) is 15.4. The molecule has 0 saturated heterocycles. The summed E-state index contributed by atoms with van der Waals surface area (Å²) in [4.78, 5) is 6.10. The average Bonchev–Trinajstić information content (AvgIpc) is 3.09. The second-order valence-corrected chi connectivity index (χ2v) is 10.0. The van der Waals surface area contributed by atoms with E-state index in [1.54, 1.807) is 0 Å². The molecule has 0 aliphatic heterocycles. The fourth-order valence-corrected chi connectivity index (χ4v) is 5.93. The normalized spacial score (nSPS) is 12.4. The zero-order chi connectivity index (χ0) is 23.4. The number of phenols is 1. The summed E-state index contributed by atoms with van der Waals surface area (Å²) in [5.74, 6) is -2.05. The van der Waals surface area contributed by atoms with E-state index in [1.807, 2.05) is 0 Å². The maximum absolute atomic E-state index is 13.6. The van der Waals surface area contributed by atoms with Crippen molar-refractivity contribution < 1.29 is 26.7 Å². The van der Waals surface area contributed by atoms with Crippen molar-refractivity contribution in [3.05, 3.63) is 69.1 Å². The molecule has 0 saturated carbocycles. The van der Waals surface area contributed by atoms with Crippen molar-refractivity contribution in [2.24, 2.45) is 0 Å². The Hall–Kier alpha value is -2.34. The van der Waals surface area contributed by atoms with Crippen LogP contribution < -0.4 is 0 Å². The molecule has 2 aromatic heterocycles. The van der Waals surface area contributed by atoms with Crippen molar-refractivity contribution in [3.8, 4) is 17.0 Å². The van der Waals surface area contributed by atoms with E-state index in [-0.39, 0.29) is 26.3 Å². The first-order valence-electron chi connectivity index (χ1n) is 8.54. The lowest BCUT2D eigenvalue weighted by Gasteiger charge is -2.14. The Bertz CT molecular complexity index is 1470. The lowest BCUT2D eigenvalue weighted by atomic mass is 10.2. The van der Waals surface area contributed by atoms with Crippen molar-refractivity contribution in [1.29, 1.82) is 0 Å². The molecule has 2 heterocycles. The Morgan fingerprint density at radius 3 is 2.31 bits per heavy atom. The minimum Gasteiger partial charge on any atom is -0.505 e. The molecule has 166 valence electrons. The molecule has 2 aromatic carbocycles. The molecule has 0 bridgehead atoms. The van der Waals surface area contributed by atoms with Gasteiger partial charge >= 0.3 is 6.18 Å². The van der Waals surface area contributed by atoms with E-state index in [2.05, 4.69) is 25.9 Å². The maximum Gasteiger partial charge on any atom is 0.451 e. The molecular formula is C19H9BrCl2F3N3O3S. The van der Waals surface area contributed by atoms with Gasteiger partial charge in [-0.05, 0) is 36.4 Å². The van der Waals surface area contributed by atoms with Crippen molar-refractivity contribution >= 4 is 60.1 Å². The Kier molecular flexibility index (Phi) is 5.64. The molecule has 1 N–H and O–H groups in total. The van der Waals surface area contributed by atoms with Gasteiger partial charge in [0.15, 0.2) is 5.75 Å². The smallest absolute Gasteiger partial charge is 0.451 e. The number of halogens is 6. The average molecular weight is 567 g/mol. The van der Waals surface area contributed by atoms with Crippen molar-refractivity contribution in [1.82, 2.24) is 13.9 Å². The minimum absolute atomic E-state index is 0.00511. The highest BCUT2D eigenvalue weighted by molar-refractivity contribution is 9.10. The van der Waals surface area contributed by atoms with E-state index in [1.165, 1.54) is 30.3 Å². The molecule has 4 aromatic rings. The van der Waals surface area contributed by atoms with Crippen LogP contribution in [0.2, 0.25) is 10.0 Å². The van der Waals surface area contributed by atoms with Crippen LogP contribution in [-0.2, 0) is 16.2 Å². The number of hydrogen-bond acceptors (Lipinski definition) is 5. The number of aromatic nitrogens is 3. The van der Waals surface area contributed by atoms with E-state index in [4.69, 9.17) is 23.2 Å². The van der Waals surface area contributed by atoms with Crippen LogP contribution in [0.5, 0.6) is 5.75 Å². The van der Waals surface area contributed by atoms with Crippen LogP contribution in [-0.4, -0.2) is 27.5 Å². The first-order valence-corrected chi connectivity index (χ1v) is 11.5. The van der Waals surface area contributed by atoms with E-state index in [0.717, 1.165) is 22.4 Å². The first kappa shape index (κ1) is 22.8. The number of nitrogens with zero attached hydrogens (tertiary/aromatic N) is 3. The monoisotopic (exact) mass is 565 g/mol. The van der Waals surface area contributed by atoms with E-state index in [9.17, 15) is 26.7 Å². The van der Waals surface area contributed by atoms with Crippen molar-refractivity contribution in [3.63, 3.8) is 0 Å². The standard InChI is InChI=1S/C19H9BrCl2F3N3O3S/c20-11-5-13(22)17(29)16(6-11)32(30,31)28-14-2-1-12(21)3-9(14)4-15(28)10-7-26-18(27-8-10)19(23,24)25/h1-8,29H. The molecule has 0 aliphatic carbocycles. The number of alkyl halides is 3. The minimum atomic E-state index is -4.76. The Balaban J connectivity index is 2.03. The predicted molar refractivity (Wildman–Crippen MR) is 116 cm³/mol. The first-order chi connectivity index (χ1) is 14.9. The van der Waals surface area contributed by atoms with Gasteiger partial charge in [0.1, 0.15) is 4.90 Å². The molecule has 6 nitrogen and oxygen atoms in total. The molecule has 0 unspecified atom stereocenters. The number of fused-ring (bicyclic) bond motifs is 1. The maximum atomic E-state index is 13.6. The van der Waals surface area contributed by atoms with Crippen LogP contribution in [0.3, 0.4) is 0 Å². The van der Waals surface area contributed by atoms with Gasteiger partial charge in [0.2, 0.25) is 5.82 Å². The van der Waals surface area contributed by atoms with Gasteiger partial charge in [0.05, 0.1) is 16.2 Å². The molecular weight excluding hydrogens is 558 g/mol. The summed E-state index contributed by atoms with van der Waals surface area (Å²) >= 11 is 15.1. The second-order valence-electron chi connectivity index (χ2n) is 6.53. The summed E-state index contributed by atoms with van der Waals surface area (Å²) in [6.45, 7) is 0. The largest absolute Gasteiger partial charge is 0.505 e. The highest BCUT2D eigenvalue weighted by Crippen LogP contribution is 2.39. The molecule has 0 radical (unpaired) electrons. The number of phenolic OH excluding ortho intramolecular Hbond substituents is 1. The van der Waals surface area contributed by atoms with Crippen LogP contribution in [0.1, 0.15) is 5.82 Å². The van der Waals surface area contributed by atoms with Crippen LogP contribution in [0.25, 0.3) is 22.2 Å². The van der Waals surface area contributed by atoms with E-state index >= 15 is 0 Å². The van der Waals surface area contributed by atoms with Gasteiger partial charge in [0.25, 0.3) is 10.0 Å². The molecule has 0 amide bonds. The van der Waals surface area contributed by atoms with Gasteiger partial charge in [0, 0.05) is 32.8 Å². The molecule has 0 atom stereocenters. The summed E-state index contributed by atoms with van der Waals surface area (Å²) in [6, 6.07) is 8.27. The molecule has 0 fully saturated rings. The Morgan fingerprint density at radius 1 is 1.03 bits per heavy atom. The highest BCUT2D eigenvalue weighted by Gasteiger charge is 2.35. The highest BCUT2D eigenvalue weighted by atomic mass is 79.9. The molecule has 13 heteroatoms. The summed E-state index contributed by atoms with van der Waals surface area (Å²) < 4.78 is 66.9. The third kappa shape index (κ3) is 3.94. The topological polar surface area (TPSA) is 85.1 Å². The summed E-state index contributed by atoms with van der Waals surface area (Å²) in [5.41, 5.74) is 0.126. The SMILES string of the molecule is O=S(=O)(c1cc(Br)cc(Cl)c1O)n1c(-c2cnc(C(F)(F)F)nc2)cc2cc(Cl)ccc21. The van der Waals surface area contributed by atoms with Crippen LogP contribution in [0.15, 0.2) is 58.2 Å². The lowest BCUT2D eigenvalue weighted by Crippen LogP contribution is -2.15. The summed E-state index contributed by atoms with van der Waals surface area (Å²) in [5, 5.41) is 10.8. The number of hydrogen-bond donors (Lipinski definition) is 1. The summed E-state index contributed by atoms with van der Waals surface area (Å²) in [6.07, 6.45) is -3.03. The van der Waals surface area contributed by atoms with Crippen LogP contribution in [0, 0.1) is 0 Å². The third-order valence-corrected chi connectivity index (χ3v) is 7.15. The fraction of sp³-hybridized carbons (Fsp3) is 0.0526. The fourth-order valence-electron chi connectivity index (χ4n) is 3.07. The van der Waals surface area contributed by atoms with Gasteiger partial charge in [-0.1, -0.05) is 39.1 Å². The van der Waals surface area contributed by atoms with Gasteiger partial charge in [-0.15, -0.1) is 0 Å². The quantitative estimate of drug-likeness (QED) is 0.322. The Morgan fingerprint density at radius 2 is 1.69 bits per heavy atom. The molecule has 4 rings (SSSR count). The molecule has 32 heavy (non-hydrogen) atoms. The van der Waals surface area contributed by atoms with E-state index in [0.29, 0.717) is 10.4 Å². The second kappa shape index (κ2) is 7.91. The van der Waals surface area contributed by atoms with Gasteiger partial charge in [-0.3, -0.25) is 0 Å². The van der Waals surface area contributed by atoms with E-state index < -0.39 is 32.7 Å². The lowest BCUT2D eigenvalue weighted by molar-refractivity contribution is -0.144. The molecule has 0 spiro atoms. The van der Waals surface area contributed by atoms with Gasteiger partial charge < -0.3 is 5.11 Å². The van der Waals surface area contributed by atoms with Crippen molar-refractivity contribution in [2.75, 3.05) is 0 Å². The Labute approximate surface area is 197 Å². The van der Waals surface area contributed by atoms with Gasteiger partial charge in [-0.25, -0.2) is 22.4 Å². The van der Waals surface area contributed by atoms with Crippen LogP contribution >= 0.6 is 39.1 Å². The van der Waals surface area contributed by atoms with Crippen molar-refractivity contribution in [2.45, 2.75) is 11.1 Å². The third-order valence-electron chi connectivity index (χ3n) is 4.43.